The molecule has 3 N–H and O–H groups in total. The summed E-state index contributed by atoms with van der Waals surface area (Å²) in [5.41, 5.74) is 0. The Morgan fingerprint density at radius 2 is 0.558 bits per heavy atom. The van der Waals surface area contributed by atoms with E-state index in [0.29, 0.717) is 31.6 Å². The highest BCUT2D eigenvalue weighted by Crippen LogP contribution is 2.45. The molecule has 0 spiro atoms. The van der Waals surface area contributed by atoms with Gasteiger partial charge in [0.25, 0.3) is 0 Å². The number of aliphatic hydroxyl groups excluding tert-OH is 1. The number of hydrogen-bond acceptors (Lipinski definition) is 15. The summed E-state index contributed by atoms with van der Waals surface area (Å²) in [5, 5.41) is 10.6. The van der Waals surface area contributed by atoms with E-state index >= 15 is 0 Å². The fourth-order valence-electron chi connectivity index (χ4n) is 9.89. The number of ether oxygens (including phenoxy) is 4. The van der Waals surface area contributed by atoms with Crippen molar-refractivity contribution in [3.05, 3.63) is 0 Å². The molecule has 0 aromatic carbocycles. The highest BCUT2D eigenvalue weighted by atomic mass is 31.2. The SMILES string of the molecule is CCC(C)CCCCCCCCCCC(=O)OC[C@H](COP(=O)(O)OC[C@@H](O)COP(=O)(O)OC[C@@H](COC(=O)CCCCCCCCC(C)CC)OC(=O)CCCCCCCCC(C)C)OC(=O)CCCCCCCCCCCCCCC(C)C. The Balaban J connectivity index is 5.25. The zero-order valence-electron chi connectivity index (χ0n) is 55.9. The third-order valence-electron chi connectivity index (χ3n) is 16.0. The summed E-state index contributed by atoms with van der Waals surface area (Å²) in [6.07, 6.45) is 37.7. The van der Waals surface area contributed by atoms with E-state index in [1.165, 1.54) is 122 Å². The van der Waals surface area contributed by atoms with Crippen molar-refractivity contribution >= 4 is 39.5 Å². The molecule has 0 bridgehead atoms. The van der Waals surface area contributed by atoms with Crippen molar-refractivity contribution in [3.8, 4) is 0 Å². The van der Waals surface area contributed by atoms with Gasteiger partial charge in [0.15, 0.2) is 12.2 Å². The molecule has 510 valence electrons. The van der Waals surface area contributed by atoms with Crippen LogP contribution in [0.4, 0.5) is 0 Å². The van der Waals surface area contributed by atoms with Crippen molar-refractivity contribution < 1.29 is 80.2 Å². The lowest BCUT2D eigenvalue weighted by atomic mass is 9.99. The van der Waals surface area contributed by atoms with Crippen LogP contribution in [0.15, 0.2) is 0 Å². The number of aliphatic hydroxyl groups is 1. The summed E-state index contributed by atoms with van der Waals surface area (Å²) in [6, 6.07) is 0. The average Bonchev–Trinajstić information content (AvgIpc) is 3.69. The lowest BCUT2D eigenvalue weighted by Crippen LogP contribution is -2.30. The standard InChI is InChI=1S/C67H130O17P2/c1-9-59(7)45-37-29-20-17-18-21-31-39-47-64(69)77-53-62(83-66(71)49-41-33-22-16-14-12-11-13-15-19-27-35-43-57(3)4)55-81-85(73,74)79-51-61(68)52-80-86(75,76)82-56-63(84-67(72)50-42-34-25-23-28-36-44-58(5)6)54-78-65(70)48-40-32-26-24-30-38-46-60(8)10-2/h57-63,68H,9-56H2,1-8H3,(H,73,74)(H,75,76)/t59?,60?,61-,62-,63-/m1/s1. The number of phosphoric ester groups is 2. The lowest BCUT2D eigenvalue weighted by Gasteiger charge is -2.21. The normalized spacial score (nSPS) is 15.0. The van der Waals surface area contributed by atoms with Crippen molar-refractivity contribution in [3.63, 3.8) is 0 Å². The molecular weight excluding hydrogens is 1140 g/mol. The number of phosphoric acid groups is 2. The van der Waals surface area contributed by atoms with E-state index in [0.717, 1.165) is 114 Å². The van der Waals surface area contributed by atoms with Crippen LogP contribution in [0.1, 0.15) is 325 Å². The molecule has 0 rings (SSSR count). The fourth-order valence-corrected chi connectivity index (χ4v) is 11.5. The van der Waals surface area contributed by atoms with Crippen LogP contribution in [0, 0.1) is 23.7 Å². The Morgan fingerprint density at radius 3 is 0.826 bits per heavy atom. The van der Waals surface area contributed by atoms with Gasteiger partial charge in [0.05, 0.1) is 26.4 Å². The minimum atomic E-state index is -4.95. The van der Waals surface area contributed by atoms with E-state index in [9.17, 15) is 43.2 Å². The first-order chi connectivity index (χ1) is 41.2. The molecule has 0 saturated heterocycles. The second-order valence-electron chi connectivity index (χ2n) is 25.6. The van der Waals surface area contributed by atoms with Gasteiger partial charge in [-0.3, -0.25) is 37.3 Å². The monoisotopic (exact) mass is 1270 g/mol. The van der Waals surface area contributed by atoms with Crippen molar-refractivity contribution in [2.75, 3.05) is 39.6 Å². The number of carbonyl (C=O) groups excluding carboxylic acids is 4. The molecule has 0 aromatic heterocycles. The van der Waals surface area contributed by atoms with Gasteiger partial charge in [-0.2, -0.15) is 0 Å². The zero-order valence-corrected chi connectivity index (χ0v) is 57.7. The zero-order chi connectivity index (χ0) is 63.9. The maximum Gasteiger partial charge on any atom is 0.472 e. The Bertz CT molecular complexity index is 1720. The smallest absolute Gasteiger partial charge is 0.462 e. The Morgan fingerprint density at radius 1 is 0.326 bits per heavy atom. The van der Waals surface area contributed by atoms with Crippen molar-refractivity contribution in [1.29, 1.82) is 0 Å². The summed E-state index contributed by atoms with van der Waals surface area (Å²) < 4.78 is 68.1. The second-order valence-corrected chi connectivity index (χ2v) is 28.6. The second kappa shape index (κ2) is 57.0. The van der Waals surface area contributed by atoms with Gasteiger partial charge in [-0.15, -0.1) is 0 Å². The molecule has 4 unspecified atom stereocenters. The molecule has 7 atom stereocenters. The Kier molecular flexibility index (Phi) is 55.7. The van der Waals surface area contributed by atoms with E-state index < -0.39 is 97.5 Å². The molecule has 0 aliphatic carbocycles. The first-order valence-corrected chi connectivity index (χ1v) is 37.8. The topological polar surface area (TPSA) is 237 Å². The summed E-state index contributed by atoms with van der Waals surface area (Å²) in [5.74, 6) is 0.816. The number of unbranched alkanes of at least 4 members (excludes halogenated alkanes) is 28. The number of esters is 4. The number of rotatable bonds is 64. The molecule has 0 aromatic rings. The maximum atomic E-state index is 13.0. The summed E-state index contributed by atoms with van der Waals surface area (Å²) in [4.78, 5) is 72.3. The maximum absolute atomic E-state index is 13.0. The molecule has 0 radical (unpaired) electrons. The lowest BCUT2D eigenvalue weighted by molar-refractivity contribution is -0.161. The fraction of sp³-hybridized carbons (Fsp3) is 0.940. The molecule has 0 heterocycles. The summed E-state index contributed by atoms with van der Waals surface area (Å²) in [7, 11) is -9.90. The molecule has 0 fully saturated rings. The molecule has 86 heavy (non-hydrogen) atoms. The van der Waals surface area contributed by atoms with Gasteiger partial charge in [-0.05, 0) is 49.4 Å². The van der Waals surface area contributed by atoms with E-state index in [1.807, 2.05) is 0 Å². The molecule has 0 aliphatic heterocycles. The van der Waals surface area contributed by atoms with Gasteiger partial charge < -0.3 is 33.8 Å². The van der Waals surface area contributed by atoms with Gasteiger partial charge >= 0.3 is 39.5 Å². The Labute approximate surface area is 524 Å². The highest BCUT2D eigenvalue weighted by molar-refractivity contribution is 7.47. The van der Waals surface area contributed by atoms with Crippen LogP contribution in [0.5, 0.6) is 0 Å². The predicted molar refractivity (Wildman–Crippen MR) is 344 cm³/mol. The van der Waals surface area contributed by atoms with Crippen LogP contribution in [0.3, 0.4) is 0 Å². The van der Waals surface area contributed by atoms with E-state index in [-0.39, 0.29) is 25.7 Å². The molecule has 0 saturated carbocycles. The minimum absolute atomic E-state index is 0.101. The number of hydrogen-bond donors (Lipinski definition) is 3. The van der Waals surface area contributed by atoms with Crippen molar-refractivity contribution in [2.45, 2.75) is 343 Å². The van der Waals surface area contributed by atoms with E-state index in [1.54, 1.807) is 0 Å². The van der Waals surface area contributed by atoms with Crippen LogP contribution in [0.25, 0.3) is 0 Å². The Hall–Kier alpha value is -1.94. The third kappa shape index (κ3) is 58.4. The van der Waals surface area contributed by atoms with Crippen molar-refractivity contribution in [2.24, 2.45) is 23.7 Å². The van der Waals surface area contributed by atoms with Crippen molar-refractivity contribution in [1.82, 2.24) is 0 Å². The molecule has 0 amide bonds. The molecule has 0 aliphatic rings. The largest absolute Gasteiger partial charge is 0.472 e. The highest BCUT2D eigenvalue weighted by Gasteiger charge is 2.30. The third-order valence-corrected chi connectivity index (χ3v) is 17.9. The van der Waals surface area contributed by atoms with Crippen LogP contribution in [-0.4, -0.2) is 96.7 Å². The minimum Gasteiger partial charge on any atom is -0.462 e. The van der Waals surface area contributed by atoms with Gasteiger partial charge in [-0.25, -0.2) is 9.13 Å². The molecule has 17 nitrogen and oxygen atoms in total. The van der Waals surface area contributed by atoms with Gasteiger partial charge in [0, 0.05) is 25.7 Å². The quantitative estimate of drug-likeness (QED) is 0.0222. The molecule has 19 heteroatoms. The average molecular weight is 1270 g/mol. The predicted octanol–water partition coefficient (Wildman–Crippen LogP) is 18.5. The van der Waals surface area contributed by atoms with Gasteiger partial charge in [0.2, 0.25) is 0 Å². The van der Waals surface area contributed by atoms with Crippen LogP contribution in [0.2, 0.25) is 0 Å². The summed E-state index contributed by atoms with van der Waals surface area (Å²) >= 11 is 0. The van der Waals surface area contributed by atoms with E-state index in [4.69, 9.17) is 37.0 Å². The van der Waals surface area contributed by atoms with Crippen LogP contribution in [-0.2, 0) is 65.4 Å². The number of carbonyl (C=O) groups is 4. The van der Waals surface area contributed by atoms with Gasteiger partial charge in [0.1, 0.15) is 19.3 Å². The first kappa shape index (κ1) is 84.1. The van der Waals surface area contributed by atoms with Crippen LogP contribution >= 0.6 is 15.6 Å². The summed E-state index contributed by atoms with van der Waals surface area (Å²) in [6.45, 7) is 14.0. The van der Waals surface area contributed by atoms with Gasteiger partial charge in [-0.1, -0.05) is 274 Å². The molecular formula is C67H130O17P2. The van der Waals surface area contributed by atoms with Crippen LogP contribution < -0.4 is 0 Å². The first-order valence-electron chi connectivity index (χ1n) is 34.8. The van der Waals surface area contributed by atoms with E-state index in [2.05, 4.69) is 55.4 Å².